The molecule has 0 spiro atoms. The van der Waals surface area contributed by atoms with Crippen molar-refractivity contribution in [2.75, 3.05) is 26.9 Å². The lowest BCUT2D eigenvalue weighted by atomic mass is 10.1. The maximum Gasteiger partial charge on any atom is 0.337 e. The van der Waals surface area contributed by atoms with Crippen LogP contribution < -0.4 is 0 Å². The summed E-state index contributed by atoms with van der Waals surface area (Å²) in [5.41, 5.74) is 1.25. The summed E-state index contributed by atoms with van der Waals surface area (Å²) in [4.78, 5) is 13.5. The number of esters is 1. The molecule has 0 aliphatic carbocycles. The maximum absolute atomic E-state index is 11.5. The van der Waals surface area contributed by atoms with Crippen LogP contribution in [0.4, 0.5) is 0 Å². The molecular weight excluding hydrogens is 280 g/mol. The second-order valence-electron chi connectivity index (χ2n) is 4.49. The predicted molar refractivity (Wildman–Crippen MR) is 73.4 cm³/mol. The average Bonchev–Trinajstić information content (AvgIpc) is 2.49. The molecule has 1 heterocycles. The van der Waals surface area contributed by atoms with Gasteiger partial charge in [0.1, 0.15) is 6.04 Å². The van der Waals surface area contributed by atoms with Crippen LogP contribution in [-0.4, -0.2) is 43.8 Å². The van der Waals surface area contributed by atoms with Crippen LogP contribution in [0, 0.1) is 11.3 Å². The fraction of sp³-hybridized carbons (Fsp3) is 0.429. The number of rotatable bonds is 3. The molecule has 6 heteroatoms. The second kappa shape index (κ2) is 6.71. The zero-order chi connectivity index (χ0) is 14.5. The monoisotopic (exact) mass is 294 g/mol. The first-order valence-corrected chi connectivity index (χ1v) is 6.61. The Morgan fingerprint density at radius 2 is 2.45 bits per heavy atom. The van der Waals surface area contributed by atoms with Crippen LogP contribution >= 0.6 is 11.6 Å². The van der Waals surface area contributed by atoms with Crippen LogP contribution in [0.15, 0.2) is 18.2 Å². The summed E-state index contributed by atoms with van der Waals surface area (Å²) in [7, 11) is 1.34. The van der Waals surface area contributed by atoms with E-state index in [-0.39, 0.29) is 6.04 Å². The fourth-order valence-corrected chi connectivity index (χ4v) is 2.28. The topological polar surface area (TPSA) is 62.6 Å². The number of benzene rings is 1. The molecule has 5 nitrogen and oxygen atoms in total. The van der Waals surface area contributed by atoms with Gasteiger partial charge in [-0.25, -0.2) is 4.79 Å². The third-order valence-corrected chi connectivity index (χ3v) is 3.60. The summed E-state index contributed by atoms with van der Waals surface area (Å²) in [5, 5.41) is 9.68. The van der Waals surface area contributed by atoms with Gasteiger partial charge in [-0.2, -0.15) is 5.26 Å². The van der Waals surface area contributed by atoms with Gasteiger partial charge in [0.05, 0.1) is 32.0 Å². The summed E-state index contributed by atoms with van der Waals surface area (Å²) in [6.07, 6.45) is 0. The van der Waals surface area contributed by atoms with Crippen molar-refractivity contribution < 1.29 is 14.3 Å². The van der Waals surface area contributed by atoms with Crippen LogP contribution in [0.25, 0.3) is 0 Å². The van der Waals surface area contributed by atoms with E-state index in [9.17, 15) is 4.79 Å². The van der Waals surface area contributed by atoms with E-state index in [0.717, 1.165) is 5.56 Å². The summed E-state index contributed by atoms with van der Waals surface area (Å²) in [6, 6.07) is 6.92. The highest BCUT2D eigenvalue weighted by Gasteiger charge is 2.23. The van der Waals surface area contributed by atoms with Crippen molar-refractivity contribution in [1.29, 1.82) is 5.26 Å². The van der Waals surface area contributed by atoms with Crippen LogP contribution in [0.5, 0.6) is 0 Å². The number of carbonyl (C=O) groups excluding carboxylic acids is 1. The van der Waals surface area contributed by atoms with Gasteiger partial charge in [-0.05, 0) is 23.8 Å². The molecule has 0 unspecified atom stereocenters. The molecule has 1 aliphatic heterocycles. The number of methoxy groups -OCH3 is 1. The smallest absolute Gasteiger partial charge is 0.337 e. The number of hydrogen-bond acceptors (Lipinski definition) is 5. The van der Waals surface area contributed by atoms with E-state index in [2.05, 4.69) is 6.07 Å². The molecule has 2 rings (SSSR count). The number of halogens is 1. The zero-order valence-electron chi connectivity index (χ0n) is 11.1. The third kappa shape index (κ3) is 3.28. The summed E-state index contributed by atoms with van der Waals surface area (Å²) < 4.78 is 9.97. The molecule has 0 radical (unpaired) electrons. The first-order valence-electron chi connectivity index (χ1n) is 6.24. The lowest BCUT2D eigenvalue weighted by molar-refractivity contribution is 0.00888. The molecule has 1 aromatic rings. The highest BCUT2D eigenvalue weighted by atomic mass is 35.5. The van der Waals surface area contributed by atoms with Crippen molar-refractivity contribution in [3.63, 3.8) is 0 Å². The fourth-order valence-electron chi connectivity index (χ4n) is 2.11. The Kier molecular flexibility index (Phi) is 4.96. The molecule has 0 bridgehead atoms. The lowest BCUT2D eigenvalue weighted by Crippen LogP contribution is -2.44. The van der Waals surface area contributed by atoms with Crippen molar-refractivity contribution in [3.05, 3.63) is 34.3 Å². The van der Waals surface area contributed by atoms with E-state index in [0.29, 0.717) is 36.9 Å². The molecule has 1 atom stereocenters. The normalized spacial score (nSPS) is 19.4. The Balaban J connectivity index is 2.19. The first-order chi connectivity index (χ1) is 9.65. The van der Waals surface area contributed by atoms with Crippen LogP contribution in [0.1, 0.15) is 15.9 Å². The van der Waals surface area contributed by atoms with Gasteiger partial charge in [0.15, 0.2) is 0 Å². The van der Waals surface area contributed by atoms with E-state index in [1.54, 1.807) is 18.2 Å². The molecule has 1 aliphatic rings. The van der Waals surface area contributed by atoms with Crippen LogP contribution in [0.3, 0.4) is 0 Å². The van der Waals surface area contributed by atoms with E-state index >= 15 is 0 Å². The van der Waals surface area contributed by atoms with E-state index in [1.165, 1.54) is 7.11 Å². The molecule has 106 valence electrons. The van der Waals surface area contributed by atoms with Crippen molar-refractivity contribution in [3.8, 4) is 6.07 Å². The summed E-state index contributed by atoms with van der Waals surface area (Å²) in [5.74, 6) is -0.401. The van der Waals surface area contributed by atoms with Crippen LogP contribution in [-0.2, 0) is 16.0 Å². The lowest BCUT2D eigenvalue weighted by Gasteiger charge is -2.31. The van der Waals surface area contributed by atoms with E-state index < -0.39 is 5.97 Å². The van der Waals surface area contributed by atoms with Gasteiger partial charge in [-0.3, -0.25) is 4.90 Å². The molecule has 1 fully saturated rings. The van der Waals surface area contributed by atoms with Gasteiger partial charge < -0.3 is 9.47 Å². The van der Waals surface area contributed by atoms with Crippen molar-refractivity contribution in [2.24, 2.45) is 0 Å². The largest absolute Gasteiger partial charge is 0.465 e. The second-order valence-corrected chi connectivity index (χ2v) is 4.90. The van der Waals surface area contributed by atoms with E-state index in [1.807, 2.05) is 4.90 Å². The maximum atomic E-state index is 11.5. The molecule has 0 aromatic heterocycles. The number of carbonyl (C=O) groups is 1. The van der Waals surface area contributed by atoms with Gasteiger partial charge in [0.2, 0.25) is 0 Å². The Bertz CT molecular complexity index is 542. The number of nitrogens with zero attached hydrogens (tertiary/aromatic N) is 2. The minimum Gasteiger partial charge on any atom is -0.465 e. The zero-order valence-corrected chi connectivity index (χ0v) is 11.9. The van der Waals surface area contributed by atoms with Crippen molar-refractivity contribution in [2.45, 2.75) is 12.6 Å². The average molecular weight is 295 g/mol. The van der Waals surface area contributed by atoms with Gasteiger partial charge in [-0.1, -0.05) is 11.6 Å². The quantitative estimate of drug-likeness (QED) is 0.796. The highest BCUT2D eigenvalue weighted by molar-refractivity contribution is 6.31. The van der Waals surface area contributed by atoms with Crippen molar-refractivity contribution in [1.82, 2.24) is 4.90 Å². The summed E-state index contributed by atoms with van der Waals surface area (Å²) in [6.45, 7) is 2.15. The van der Waals surface area contributed by atoms with Gasteiger partial charge >= 0.3 is 5.97 Å². The van der Waals surface area contributed by atoms with Crippen molar-refractivity contribution >= 4 is 17.6 Å². The number of morpholine rings is 1. The van der Waals surface area contributed by atoms with Gasteiger partial charge in [0.25, 0.3) is 0 Å². The number of ether oxygens (including phenoxy) is 2. The molecule has 1 aromatic carbocycles. The molecular formula is C14H15ClN2O3. The first kappa shape index (κ1) is 14.8. The summed E-state index contributed by atoms with van der Waals surface area (Å²) >= 11 is 6.16. The van der Waals surface area contributed by atoms with Gasteiger partial charge in [-0.15, -0.1) is 0 Å². The SMILES string of the molecule is COC(=O)c1ccc(Cl)c(CN2CCOC[C@H]2C#N)c1. The molecule has 0 N–H and O–H groups in total. The minimum atomic E-state index is -0.401. The third-order valence-electron chi connectivity index (χ3n) is 3.23. The standard InChI is InChI=1S/C14H15ClN2O3/c1-19-14(18)10-2-3-13(15)11(6-10)8-17-4-5-20-9-12(17)7-16/h2-3,6,12H,4-5,8-9H2,1H3/t12-/m1/s1. The molecule has 20 heavy (non-hydrogen) atoms. The Morgan fingerprint density at radius 3 is 3.15 bits per heavy atom. The van der Waals surface area contributed by atoms with Gasteiger partial charge in [0, 0.05) is 18.1 Å². The molecule has 0 saturated carbocycles. The molecule has 1 saturated heterocycles. The van der Waals surface area contributed by atoms with Crippen LogP contribution in [0.2, 0.25) is 5.02 Å². The Morgan fingerprint density at radius 1 is 1.65 bits per heavy atom. The Hall–Kier alpha value is -1.61. The Labute approximate surface area is 122 Å². The highest BCUT2D eigenvalue weighted by Crippen LogP contribution is 2.21. The minimum absolute atomic E-state index is 0.290. The predicted octanol–water partition coefficient (Wildman–Crippen LogP) is 1.85. The number of hydrogen-bond donors (Lipinski definition) is 0. The van der Waals surface area contributed by atoms with E-state index in [4.69, 9.17) is 26.3 Å². The number of nitriles is 1. The molecule has 0 amide bonds.